The lowest BCUT2D eigenvalue weighted by atomic mass is 10.1. The van der Waals surface area contributed by atoms with E-state index in [0.29, 0.717) is 6.04 Å². The quantitative estimate of drug-likeness (QED) is 0.801. The summed E-state index contributed by atoms with van der Waals surface area (Å²) in [6.07, 6.45) is 5.06. The van der Waals surface area contributed by atoms with Gasteiger partial charge in [0, 0.05) is 37.5 Å². The molecule has 0 aromatic carbocycles. The number of aryl methyl sites for hydroxylation is 1. The fraction of sp³-hybridized carbons (Fsp3) is 0.812. The summed E-state index contributed by atoms with van der Waals surface area (Å²) in [5, 5.41) is 4.84. The van der Waals surface area contributed by atoms with Crippen LogP contribution in [-0.4, -0.2) is 49.8 Å². The van der Waals surface area contributed by atoms with Crippen LogP contribution in [0.2, 0.25) is 0 Å². The van der Waals surface area contributed by atoms with Crippen LogP contribution in [0.25, 0.3) is 0 Å². The molecular formula is C16H29N3OS. The van der Waals surface area contributed by atoms with Gasteiger partial charge in [0.25, 0.3) is 0 Å². The summed E-state index contributed by atoms with van der Waals surface area (Å²) in [4.78, 5) is 8.61. The van der Waals surface area contributed by atoms with E-state index in [1.165, 1.54) is 54.5 Å². The van der Waals surface area contributed by atoms with Gasteiger partial charge in [-0.05, 0) is 39.8 Å². The van der Waals surface area contributed by atoms with E-state index in [9.17, 15) is 0 Å². The van der Waals surface area contributed by atoms with Crippen LogP contribution in [-0.2, 0) is 11.2 Å². The van der Waals surface area contributed by atoms with Gasteiger partial charge in [-0.1, -0.05) is 6.42 Å². The fourth-order valence-electron chi connectivity index (χ4n) is 2.88. The normalized spacial score (nSPS) is 18.0. The molecule has 0 amide bonds. The van der Waals surface area contributed by atoms with E-state index in [1.807, 2.05) is 11.3 Å². The molecule has 0 spiro atoms. The van der Waals surface area contributed by atoms with Crippen LogP contribution in [0, 0.1) is 6.92 Å². The van der Waals surface area contributed by atoms with E-state index in [1.54, 1.807) is 7.11 Å². The summed E-state index contributed by atoms with van der Waals surface area (Å²) in [5.41, 5.74) is 1.17. The molecule has 1 aromatic rings. The molecular weight excluding hydrogens is 282 g/mol. The molecule has 1 saturated heterocycles. The van der Waals surface area contributed by atoms with Gasteiger partial charge in [0.15, 0.2) is 0 Å². The number of hydrogen-bond acceptors (Lipinski definition) is 5. The number of piperidine rings is 1. The van der Waals surface area contributed by atoms with Crippen LogP contribution in [0.1, 0.15) is 47.8 Å². The van der Waals surface area contributed by atoms with Crippen molar-refractivity contribution in [3.05, 3.63) is 15.6 Å². The Morgan fingerprint density at radius 1 is 1.33 bits per heavy atom. The number of nitrogens with one attached hydrogen (secondary N) is 1. The molecule has 1 fully saturated rings. The summed E-state index contributed by atoms with van der Waals surface area (Å²) in [6, 6.07) is 0.392. The van der Waals surface area contributed by atoms with Crippen molar-refractivity contribution in [3.8, 4) is 0 Å². The zero-order valence-corrected chi connectivity index (χ0v) is 14.5. The van der Waals surface area contributed by atoms with Crippen molar-refractivity contribution in [2.75, 3.05) is 39.9 Å². The Bertz CT molecular complexity index is 416. The highest BCUT2D eigenvalue weighted by atomic mass is 32.1. The van der Waals surface area contributed by atoms with E-state index in [2.05, 4.69) is 29.0 Å². The lowest BCUT2D eigenvalue weighted by Gasteiger charge is -2.27. The summed E-state index contributed by atoms with van der Waals surface area (Å²) in [6.45, 7) is 9.89. The Morgan fingerprint density at radius 2 is 2.10 bits per heavy atom. The number of hydrogen-bond donors (Lipinski definition) is 1. The summed E-state index contributed by atoms with van der Waals surface area (Å²) in [7, 11) is 1.74. The Morgan fingerprint density at radius 3 is 2.81 bits per heavy atom. The maximum absolute atomic E-state index is 5.13. The second kappa shape index (κ2) is 8.83. The maximum Gasteiger partial charge on any atom is 0.0954 e. The molecule has 0 radical (unpaired) electrons. The van der Waals surface area contributed by atoms with Crippen molar-refractivity contribution in [1.82, 2.24) is 15.2 Å². The van der Waals surface area contributed by atoms with Gasteiger partial charge in [-0.15, -0.1) is 11.3 Å². The van der Waals surface area contributed by atoms with Gasteiger partial charge in [0.2, 0.25) is 0 Å². The van der Waals surface area contributed by atoms with E-state index >= 15 is 0 Å². The monoisotopic (exact) mass is 311 g/mol. The molecule has 120 valence electrons. The second-order valence-corrected chi connectivity index (χ2v) is 6.99. The second-order valence-electron chi connectivity index (χ2n) is 5.88. The molecule has 0 saturated carbocycles. The third-order valence-corrected chi connectivity index (χ3v) is 5.52. The number of ether oxygens (including phenoxy) is 1. The van der Waals surface area contributed by atoms with Crippen LogP contribution in [0.5, 0.6) is 0 Å². The maximum atomic E-state index is 5.13. The highest BCUT2D eigenvalue weighted by molar-refractivity contribution is 7.11. The predicted molar refractivity (Wildman–Crippen MR) is 89.1 cm³/mol. The first kappa shape index (κ1) is 16.9. The minimum absolute atomic E-state index is 0.392. The van der Waals surface area contributed by atoms with E-state index in [0.717, 1.165) is 19.6 Å². The smallest absolute Gasteiger partial charge is 0.0954 e. The number of aromatic nitrogens is 1. The third-order valence-electron chi connectivity index (χ3n) is 4.12. The largest absolute Gasteiger partial charge is 0.384 e. The Labute approximate surface area is 132 Å². The zero-order chi connectivity index (χ0) is 15.1. The first-order chi connectivity index (χ1) is 10.2. The number of rotatable bonds is 8. The first-order valence-corrected chi connectivity index (χ1v) is 8.93. The van der Waals surface area contributed by atoms with Gasteiger partial charge in [-0.3, -0.25) is 0 Å². The van der Waals surface area contributed by atoms with Crippen LogP contribution in [0.15, 0.2) is 0 Å². The SMILES string of the molecule is COCCc1nc(C)c([C@@H](C)NCCN2CCCCC2)s1. The van der Waals surface area contributed by atoms with Crippen molar-refractivity contribution >= 4 is 11.3 Å². The Hall–Kier alpha value is -0.490. The molecule has 5 heteroatoms. The van der Waals surface area contributed by atoms with Gasteiger partial charge in [0.1, 0.15) is 0 Å². The van der Waals surface area contributed by atoms with Crippen molar-refractivity contribution in [1.29, 1.82) is 0 Å². The van der Waals surface area contributed by atoms with E-state index in [-0.39, 0.29) is 0 Å². The standard InChI is InChI=1S/C16H29N3OS/c1-13(17-8-11-19-9-5-4-6-10-19)16-14(2)18-15(21-16)7-12-20-3/h13,17H,4-12H2,1-3H3/t13-/m1/s1. The van der Waals surface area contributed by atoms with E-state index in [4.69, 9.17) is 4.74 Å². The molecule has 4 nitrogen and oxygen atoms in total. The topological polar surface area (TPSA) is 37.4 Å². The number of thiazole rings is 1. The highest BCUT2D eigenvalue weighted by Crippen LogP contribution is 2.25. The predicted octanol–water partition coefficient (Wildman–Crippen LogP) is 2.78. The molecule has 1 aromatic heterocycles. The minimum Gasteiger partial charge on any atom is -0.384 e. The molecule has 0 unspecified atom stereocenters. The van der Waals surface area contributed by atoms with Crippen LogP contribution >= 0.6 is 11.3 Å². The molecule has 0 aliphatic carbocycles. The first-order valence-electron chi connectivity index (χ1n) is 8.11. The average Bonchev–Trinajstić information content (AvgIpc) is 2.87. The minimum atomic E-state index is 0.392. The van der Waals surface area contributed by atoms with Gasteiger partial charge in [0.05, 0.1) is 17.3 Å². The average molecular weight is 311 g/mol. The van der Waals surface area contributed by atoms with Gasteiger partial charge in [-0.2, -0.15) is 0 Å². The summed E-state index contributed by atoms with van der Waals surface area (Å²) < 4.78 is 5.13. The number of likely N-dealkylation sites (tertiary alicyclic amines) is 1. The van der Waals surface area contributed by atoms with Crippen molar-refractivity contribution in [3.63, 3.8) is 0 Å². The molecule has 21 heavy (non-hydrogen) atoms. The van der Waals surface area contributed by atoms with Gasteiger partial charge < -0.3 is 15.0 Å². The highest BCUT2D eigenvalue weighted by Gasteiger charge is 2.15. The molecule has 2 rings (SSSR count). The lowest BCUT2D eigenvalue weighted by Crippen LogP contribution is -2.36. The van der Waals surface area contributed by atoms with Crippen LogP contribution < -0.4 is 5.32 Å². The van der Waals surface area contributed by atoms with Gasteiger partial charge >= 0.3 is 0 Å². The van der Waals surface area contributed by atoms with E-state index < -0.39 is 0 Å². The molecule has 2 heterocycles. The molecule has 0 bridgehead atoms. The van der Waals surface area contributed by atoms with Crippen molar-refractivity contribution < 1.29 is 4.74 Å². The van der Waals surface area contributed by atoms with Crippen molar-refractivity contribution in [2.24, 2.45) is 0 Å². The lowest BCUT2D eigenvalue weighted by molar-refractivity contribution is 0.202. The number of nitrogens with zero attached hydrogens (tertiary/aromatic N) is 2. The Kier molecular flexibility index (Phi) is 7.10. The zero-order valence-electron chi connectivity index (χ0n) is 13.7. The molecule has 1 atom stereocenters. The third kappa shape index (κ3) is 5.33. The summed E-state index contributed by atoms with van der Waals surface area (Å²) >= 11 is 1.83. The van der Waals surface area contributed by atoms with Crippen LogP contribution in [0.4, 0.5) is 0 Å². The number of methoxy groups -OCH3 is 1. The Balaban J connectivity index is 1.76. The molecule has 1 aliphatic heterocycles. The van der Waals surface area contributed by atoms with Crippen LogP contribution in [0.3, 0.4) is 0 Å². The van der Waals surface area contributed by atoms with Crippen molar-refractivity contribution in [2.45, 2.75) is 45.6 Å². The van der Waals surface area contributed by atoms with Gasteiger partial charge in [-0.25, -0.2) is 4.98 Å². The molecule has 1 aliphatic rings. The summed E-state index contributed by atoms with van der Waals surface area (Å²) in [5.74, 6) is 0. The fourth-order valence-corrected chi connectivity index (χ4v) is 3.95. The molecule has 1 N–H and O–H groups in total.